The fraction of sp³-hybridized carbons (Fsp3) is 0.588. The summed E-state index contributed by atoms with van der Waals surface area (Å²) >= 11 is 0. The molecule has 6 heteroatoms. The van der Waals surface area contributed by atoms with Crippen LogP contribution < -0.4 is 10.6 Å². The van der Waals surface area contributed by atoms with E-state index < -0.39 is 0 Å². The van der Waals surface area contributed by atoms with Crippen LogP contribution in [0.3, 0.4) is 0 Å². The molecule has 1 aliphatic rings. The highest BCUT2D eigenvalue weighted by molar-refractivity contribution is 14.0. The van der Waals surface area contributed by atoms with E-state index in [2.05, 4.69) is 15.6 Å². The summed E-state index contributed by atoms with van der Waals surface area (Å²) in [5, 5.41) is 15.9. The molecule has 0 amide bonds. The van der Waals surface area contributed by atoms with Gasteiger partial charge in [-0.2, -0.15) is 0 Å². The van der Waals surface area contributed by atoms with Gasteiger partial charge in [0.1, 0.15) is 5.82 Å². The smallest absolute Gasteiger partial charge is 0.191 e. The topological polar surface area (TPSA) is 56.7 Å². The summed E-state index contributed by atoms with van der Waals surface area (Å²) < 4.78 is 13.4. The second kappa shape index (κ2) is 10.8. The predicted molar refractivity (Wildman–Crippen MR) is 103 cm³/mol. The van der Waals surface area contributed by atoms with Gasteiger partial charge in [-0.15, -0.1) is 24.0 Å². The lowest BCUT2D eigenvalue weighted by Crippen LogP contribution is -2.44. The largest absolute Gasteiger partial charge is 0.392 e. The van der Waals surface area contributed by atoms with E-state index in [9.17, 15) is 4.39 Å². The van der Waals surface area contributed by atoms with Gasteiger partial charge < -0.3 is 15.7 Å². The monoisotopic (exact) mass is 435 g/mol. The first-order valence-corrected chi connectivity index (χ1v) is 8.16. The van der Waals surface area contributed by atoms with Crippen molar-refractivity contribution in [2.24, 2.45) is 4.99 Å². The molecule has 3 N–H and O–H groups in total. The summed E-state index contributed by atoms with van der Waals surface area (Å²) in [7, 11) is 0. The standard InChI is InChI=1S/C17H26FN3O.HI/c1-2-19-17(21-15-6-4-3-5-7-15)20-11-13-8-9-16(18)14(10-13)12-22;/h8-10,15,22H,2-7,11-12H2,1H3,(H2,19,20,21);1H. The molecule has 0 aromatic heterocycles. The minimum Gasteiger partial charge on any atom is -0.392 e. The SMILES string of the molecule is CCNC(=NCc1ccc(F)c(CO)c1)NC1CCCCC1.I. The van der Waals surface area contributed by atoms with Crippen LogP contribution >= 0.6 is 24.0 Å². The minimum atomic E-state index is -0.373. The van der Waals surface area contributed by atoms with E-state index in [0.717, 1.165) is 18.1 Å². The quantitative estimate of drug-likeness (QED) is 0.378. The van der Waals surface area contributed by atoms with Crippen LogP contribution in [0.25, 0.3) is 0 Å². The zero-order chi connectivity index (χ0) is 15.8. The lowest BCUT2D eigenvalue weighted by atomic mass is 9.96. The zero-order valence-electron chi connectivity index (χ0n) is 13.6. The summed E-state index contributed by atoms with van der Waals surface area (Å²) in [6.07, 6.45) is 6.25. The summed E-state index contributed by atoms with van der Waals surface area (Å²) in [6, 6.07) is 5.26. The van der Waals surface area contributed by atoms with Crippen molar-refractivity contribution in [3.05, 3.63) is 35.1 Å². The molecular formula is C17H27FIN3O. The summed E-state index contributed by atoms with van der Waals surface area (Å²) in [6.45, 7) is 3.03. The first kappa shape index (κ1) is 20.2. The van der Waals surface area contributed by atoms with E-state index in [1.165, 1.54) is 38.2 Å². The molecule has 0 radical (unpaired) electrons. The van der Waals surface area contributed by atoms with Crippen LogP contribution in [0.15, 0.2) is 23.2 Å². The Labute approximate surface area is 155 Å². The first-order chi connectivity index (χ1) is 10.7. The van der Waals surface area contributed by atoms with Crippen molar-refractivity contribution in [3.63, 3.8) is 0 Å². The molecule has 1 fully saturated rings. The van der Waals surface area contributed by atoms with Crippen molar-refractivity contribution in [3.8, 4) is 0 Å². The molecule has 23 heavy (non-hydrogen) atoms. The molecule has 1 saturated carbocycles. The number of hydrogen-bond donors (Lipinski definition) is 3. The van der Waals surface area contributed by atoms with Crippen molar-refractivity contribution in [2.75, 3.05) is 6.54 Å². The summed E-state index contributed by atoms with van der Waals surface area (Å²) in [4.78, 5) is 4.57. The maximum absolute atomic E-state index is 13.4. The molecule has 0 saturated heterocycles. The predicted octanol–water partition coefficient (Wildman–Crippen LogP) is 3.32. The van der Waals surface area contributed by atoms with Gasteiger partial charge in [-0.3, -0.25) is 0 Å². The number of aliphatic hydroxyl groups excluding tert-OH is 1. The number of guanidine groups is 1. The Morgan fingerprint density at radius 3 is 2.70 bits per heavy atom. The number of rotatable bonds is 5. The molecular weight excluding hydrogens is 408 g/mol. The third kappa shape index (κ3) is 6.63. The maximum atomic E-state index is 13.4. The van der Waals surface area contributed by atoms with Crippen molar-refractivity contribution >= 4 is 29.9 Å². The van der Waals surface area contributed by atoms with E-state index in [1.54, 1.807) is 12.1 Å². The van der Waals surface area contributed by atoms with Crippen molar-refractivity contribution in [2.45, 2.75) is 58.2 Å². The number of hydrogen-bond acceptors (Lipinski definition) is 2. The number of nitrogens with one attached hydrogen (secondary N) is 2. The molecule has 0 atom stereocenters. The van der Waals surface area contributed by atoms with Gasteiger partial charge in [-0.25, -0.2) is 9.38 Å². The Morgan fingerprint density at radius 1 is 1.30 bits per heavy atom. The molecule has 0 bridgehead atoms. The van der Waals surface area contributed by atoms with Gasteiger partial charge in [0.2, 0.25) is 0 Å². The molecule has 0 unspecified atom stereocenters. The van der Waals surface area contributed by atoms with Gasteiger partial charge in [0.25, 0.3) is 0 Å². The Hall–Kier alpha value is -0.890. The molecule has 130 valence electrons. The molecule has 0 heterocycles. The van der Waals surface area contributed by atoms with Crippen LogP contribution in [0, 0.1) is 5.82 Å². The normalized spacial score (nSPS) is 15.9. The molecule has 0 aliphatic heterocycles. The number of benzene rings is 1. The van der Waals surface area contributed by atoms with E-state index in [1.807, 2.05) is 6.92 Å². The minimum absolute atomic E-state index is 0. The summed E-state index contributed by atoms with van der Waals surface area (Å²) in [5.41, 5.74) is 1.21. The maximum Gasteiger partial charge on any atom is 0.191 e. The van der Waals surface area contributed by atoms with Gasteiger partial charge in [0.05, 0.1) is 13.2 Å². The molecule has 4 nitrogen and oxygen atoms in total. The van der Waals surface area contributed by atoms with Gasteiger partial charge in [0, 0.05) is 18.2 Å². The Kier molecular flexibility index (Phi) is 9.47. The average Bonchev–Trinajstić information content (AvgIpc) is 2.55. The van der Waals surface area contributed by atoms with Crippen LogP contribution in [-0.4, -0.2) is 23.7 Å². The van der Waals surface area contributed by atoms with Gasteiger partial charge in [-0.05, 0) is 37.5 Å². The highest BCUT2D eigenvalue weighted by atomic mass is 127. The number of aliphatic hydroxyl groups is 1. The lowest BCUT2D eigenvalue weighted by Gasteiger charge is -2.24. The van der Waals surface area contributed by atoms with Crippen LogP contribution in [0.4, 0.5) is 4.39 Å². The molecule has 1 aliphatic carbocycles. The van der Waals surface area contributed by atoms with Crippen molar-refractivity contribution in [1.29, 1.82) is 0 Å². The fourth-order valence-electron chi connectivity index (χ4n) is 2.78. The van der Waals surface area contributed by atoms with Gasteiger partial charge in [-0.1, -0.05) is 25.3 Å². The third-order valence-electron chi connectivity index (χ3n) is 3.99. The molecule has 0 spiro atoms. The number of aliphatic imine (C=N–C) groups is 1. The second-order valence-electron chi connectivity index (χ2n) is 5.76. The zero-order valence-corrected chi connectivity index (χ0v) is 16.0. The van der Waals surface area contributed by atoms with E-state index in [-0.39, 0.29) is 36.4 Å². The Morgan fingerprint density at radius 2 is 2.04 bits per heavy atom. The van der Waals surface area contributed by atoms with Crippen LogP contribution in [-0.2, 0) is 13.2 Å². The van der Waals surface area contributed by atoms with Gasteiger partial charge in [0.15, 0.2) is 5.96 Å². The lowest BCUT2D eigenvalue weighted by molar-refractivity contribution is 0.275. The van der Waals surface area contributed by atoms with Crippen LogP contribution in [0.2, 0.25) is 0 Å². The highest BCUT2D eigenvalue weighted by Gasteiger charge is 2.14. The van der Waals surface area contributed by atoms with Gasteiger partial charge >= 0.3 is 0 Å². The number of halogens is 2. The molecule has 1 aromatic rings. The van der Waals surface area contributed by atoms with Crippen LogP contribution in [0.5, 0.6) is 0 Å². The third-order valence-corrected chi connectivity index (χ3v) is 3.99. The number of nitrogens with zero attached hydrogens (tertiary/aromatic N) is 1. The first-order valence-electron chi connectivity index (χ1n) is 8.16. The Bertz CT molecular complexity index is 505. The van der Waals surface area contributed by atoms with Crippen molar-refractivity contribution in [1.82, 2.24) is 10.6 Å². The molecule has 2 rings (SSSR count). The second-order valence-corrected chi connectivity index (χ2v) is 5.76. The molecule has 1 aromatic carbocycles. The van der Waals surface area contributed by atoms with E-state index in [4.69, 9.17) is 5.11 Å². The van der Waals surface area contributed by atoms with Crippen LogP contribution in [0.1, 0.15) is 50.2 Å². The van der Waals surface area contributed by atoms with E-state index in [0.29, 0.717) is 18.2 Å². The Balaban J connectivity index is 0.00000264. The highest BCUT2D eigenvalue weighted by Crippen LogP contribution is 2.17. The fourth-order valence-corrected chi connectivity index (χ4v) is 2.78. The van der Waals surface area contributed by atoms with Crippen molar-refractivity contribution < 1.29 is 9.50 Å². The average molecular weight is 435 g/mol. The van der Waals surface area contributed by atoms with E-state index >= 15 is 0 Å². The summed E-state index contributed by atoms with van der Waals surface area (Å²) in [5.74, 6) is 0.437.